The van der Waals surface area contributed by atoms with E-state index >= 15 is 0 Å². The van der Waals surface area contributed by atoms with Crippen molar-refractivity contribution in [1.29, 1.82) is 0 Å². The number of fused-ring (bicyclic) bond motifs is 2. The van der Waals surface area contributed by atoms with E-state index in [2.05, 4.69) is 22.3 Å². The van der Waals surface area contributed by atoms with Gasteiger partial charge in [0, 0.05) is 19.1 Å². The number of aryl methyl sites for hydroxylation is 1. The molecule has 94 valence electrons. The quantitative estimate of drug-likeness (QED) is 0.819. The summed E-state index contributed by atoms with van der Waals surface area (Å²) >= 11 is 0. The summed E-state index contributed by atoms with van der Waals surface area (Å²) in [5, 5.41) is 7.91. The van der Waals surface area contributed by atoms with Gasteiger partial charge < -0.3 is 10.6 Å². The van der Waals surface area contributed by atoms with Gasteiger partial charge in [-0.05, 0) is 38.6 Å². The number of aromatic nitrogens is 3. The van der Waals surface area contributed by atoms with Crippen molar-refractivity contribution in [3.8, 4) is 0 Å². The molecule has 0 radical (unpaired) electrons. The van der Waals surface area contributed by atoms with Crippen molar-refractivity contribution in [2.24, 2.45) is 18.7 Å². The molecule has 2 aliphatic heterocycles. The van der Waals surface area contributed by atoms with Crippen LogP contribution in [0.2, 0.25) is 0 Å². The molecule has 2 saturated heterocycles. The Hall–Kier alpha value is -0.940. The zero-order chi connectivity index (χ0) is 12.0. The molecular weight excluding hydrogens is 214 g/mol. The molecule has 0 saturated carbocycles. The maximum atomic E-state index is 6.39. The molecule has 17 heavy (non-hydrogen) atoms. The van der Waals surface area contributed by atoms with Gasteiger partial charge in [-0.3, -0.25) is 4.68 Å². The molecule has 3 unspecified atom stereocenters. The highest BCUT2D eigenvalue weighted by atomic mass is 15.4. The van der Waals surface area contributed by atoms with Crippen LogP contribution in [-0.2, 0) is 7.05 Å². The summed E-state index contributed by atoms with van der Waals surface area (Å²) in [5.74, 6) is 0.584. The highest BCUT2D eigenvalue weighted by Gasteiger charge is 2.40. The number of piperidine rings is 1. The molecule has 2 fully saturated rings. The zero-order valence-corrected chi connectivity index (χ0v) is 10.6. The highest BCUT2D eigenvalue weighted by Crippen LogP contribution is 2.41. The van der Waals surface area contributed by atoms with Crippen molar-refractivity contribution < 1.29 is 0 Å². The van der Waals surface area contributed by atoms with Gasteiger partial charge in [-0.1, -0.05) is 5.21 Å². The standard InChI is InChI=1S/C12H21N5/c1-16-9-3-4-10(16)6-8(5-9)12(13)11-7-14-15-17(11)2/h7-10,12H,3-6,13H2,1-2H3. The van der Waals surface area contributed by atoms with Gasteiger partial charge >= 0.3 is 0 Å². The van der Waals surface area contributed by atoms with Crippen LogP contribution in [0, 0.1) is 5.92 Å². The van der Waals surface area contributed by atoms with Crippen molar-refractivity contribution in [2.45, 2.75) is 43.8 Å². The third kappa shape index (κ3) is 1.77. The molecule has 3 heterocycles. The summed E-state index contributed by atoms with van der Waals surface area (Å²) in [6.07, 6.45) is 6.94. The Labute approximate surface area is 102 Å². The van der Waals surface area contributed by atoms with Crippen LogP contribution >= 0.6 is 0 Å². The van der Waals surface area contributed by atoms with Gasteiger partial charge in [0.25, 0.3) is 0 Å². The van der Waals surface area contributed by atoms with E-state index in [9.17, 15) is 0 Å². The third-order valence-corrected chi connectivity index (χ3v) is 4.73. The summed E-state index contributed by atoms with van der Waals surface area (Å²) in [6.45, 7) is 0. The molecule has 0 amide bonds. The minimum Gasteiger partial charge on any atom is -0.322 e. The van der Waals surface area contributed by atoms with Crippen LogP contribution in [0.4, 0.5) is 0 Å². The van der Waals surface area contributed by atoms with E-state index in [1.165, 1.54) is 25.7 Å². The molecule has 2 aliphatic rings. The number of rotatable bonds is 2. The zero-order valence-electron chi connectivity index (χ0n) is 10.6. The van der Waals surface area contributed by atoms with E-state index < -0.39 is 0 Å². The molecule has 5 nitrogen and oxygen atoms in total. The number of hydrogen-bond donors (Lipinski definition) is 1. The molecule has 0 aromatic carbocycles. The van der Waals surface area contributed by atoms with E-state index in [0.717, 1.165) is 17.8 Å². The largest absolute Gasteiger partial charge is 0.322 e. The summed E-state index contributed by atoms with van der Waals surface area (Å²) in [6, 6.07) is 1.57. The number of nitrogens with two attached hydrogens (primary N) is 1. The third-order valence-electron chi connectivity index (χ3n) is 4.73. The predicted molar refractivity (Wildman–Crippen MR) is 65.2 cm³/mol. The van der Waals surface area contributed by atoms with Gasteiger partial charge in [0.2, 0.25) is 0 Å². The van der Waals surface area contributed by atoms with Crippen LogP contribution in [-0.4, -0.2) is 39.0 Å². The van der Waals surface area contributed by atoms with Crippen LogP contribution in [0.1, 0.15) is 37.4 Å². The summed E-state index contributed by atoms with van der Waals surface area (Å²) in [7, 11) is 4.18. The molecule has 3 rings (SSSR count). The maximum Gasteiger partial charge on any atom is 0.0753 e. The molecule has 1 aromatic heterocycles. The fourth-order valence-corrected chi connectivity index (χ4v) is 3.59. The average molecular weight is 235 g/mol. The first-order chi connectivity index (χ1) is 8.16. The lowest BCUT2D eigenvalue weighted by atomic mass is 9.84. The van der Waals surface area contributed by atoms with Gasteiger partial charge in [0.15, 0.2) is 0 Å². The van der Waals surface area contributed by atoms with Gasteiger partial charge in [-0.2, -0.15) is 0 Å². The second kappa shape index (κ2) is 4.07. The fourth-order valence-electron chi connectivity index (χ4n) is 3.59. The Morgan fingerprint density at radius 2 is 1.94 bits per heavy atom. The predicted octanol–water partition coefficient (Wildman–Crippen LogP) is 0.688. The minimum atomic E-state index is 0.0896. The average Bonchev–Trinajstić information content (AvgIpc) is 2.79. The fraction of sp³-hybridized carbons (Fsp3) is 0.833. The van der Waals surface area contributed by atoms with Gasteiger partial charge in [-0.25, -0.2) is 0 Å². The van der Waals surface area contributed by atoms with Crippen molar-refractivity contribution >= 4 is 0 Å². The summed E-state index contributed by atoms with van der Waals surface area (Å²) in [4.78, 5) is 2.55. The summed E-state index contributed by atoms with van der Waals surface area (Å²) < 4.78 is 1.81. The van der Waals surface area contributed by atoms with Gasteiger partial charge in [-0.15, -0.1) is 5.10 Å². The van der Waals surface area contributed by atoms with E-state index in [1.54, 1.807) is 0 Å². The van der Waals surface area contributed by atoms with Crippen molar-refractivity contribution in [2.75, 3.05) is 7.05 Å². The SMILES string of the molecule is CN1C2CCC1CC(C(N)c1cnnn1C)C2. The molecule has 0 aliphatic carbocycles. The minimum absolute atomic E-state index is 0.0896. The first-order valence-electron chi connectivity index (χ1n) is 6.49. The topological polar surface area (TPSA) is 60.0 Å². The Morgan fingerprint density at radius 3 is 2.47 bits per heavy atom. The molecule has 0 spiro atoms. The second-order valence-electron chi connectivity index (χ2n) is 5.59. The second-order valence-corrected chi connectivity index (χ2v) is 5.59. The van der Waals surface area contributed by atoms with E-state index in [-0.39, 0.29) is 6.04 Å². The van der Waals surface area contributed by atoms with E-state index in [0.29, 0.717) is 5.92 Å². The number of hydrogen-bond acceptors (Lipinski definition) is 4. The van der Waals surface area contributed by atoms with E-state index in [4.69, 9.17) is 5.73 Å². The smallest absolute Gasteiger partial charge is 0.0753 e. The monoisotopic (exact) mass is 235 g/mol. The molecule has 1 aromatic rings. The summed E-state index contributed by atoms with van der Waals surface area (Å²) in [5.41, 5.74) is 7.46. The van der Waals surface area contributed by atoms with Gasteiger partial charge in [0.1, 0.15) is 0 Å². The Balaban J connectivity index is 1.76. The first-order valence-corrected chi connectivity index (χ1v) is 6.49. The molecular formula is C12H21N5. The molecule has 2 N–H and O–H groups in total. The normalized spacial score (nSPS) is 35.1. The van der Waals surface area contributed by atoms with Crippen LogP contribution in [0.25, 0.3) is 0 Å². The van der Waals surface area contributed by atoms with Gasteiger partial charge in [0.05, 0.1) is 17.9 Å². The molecule has 3 atom stereocenters. The van der Waals surface area contributed by atoms with Crippen molar-refractivity contribution in [3.05, 3.63) is 11.9 Å². The van der Waals surface area contributed by atoms with Crippen LogP contribution in [0.3, 0.4) is 0 Å². The van der Waals surface area contributed by atoms with E-state index in [1.807, 2.05) is 17.9 Å². The maximum absolute atomic E-state index is 6.39. The molecule has 5 heteroatoms. The molecule has 2 bridgehead atoms. The first kappa shape index (κ1) is 11.2. The van der Waals surface area contributed by atoms with Crippen LogP contribution in [0.5, 0.6) is 0 Å². The Kier molecular flexibility index (Phi) is 2.67. The van der Waals surface area contributed by atoms with Crippen molar-refractivity contribution in [1.82, 2.24) is 19.9 Å². The lowest BCUT2D eigenvalue weighted by Gasteiger charge is -2.38. The highest BCUT2D eigenvalue weighted by molar-refractivity contribution is 5.06. The number of nitrogens with zero attached hydrogens (tertiary/aromatic N) is 4. The van der Waals surface area contributed by atoms with Crippen LogP contribution in [0.15, 0.2) is 6.20 Å². The lowest BCUT2D eigenvalue weighted by molar-refractivity contribution is 0.119. The van der Waals surface area contributed by atoms with Crippen LogP contribution < -0.4 is 5.73 Å². The Morgan fingerprint density at radius 1 is 1.29 bits per heavy atom. The Bertz CT molecular complexity index is 387. The lowest BCUT2D eigenvalue weighted by Crippen LogP contribution is -2.43. The van der Waals surface area contributed by atoms with Crippen molar-refractivity contribution in [3.63, 3.8) is 0 Å².